The minimum absolute atomic E-state index is 0.180. The molecule has 1 heterocycles. The predicted molar refractivity (Wildman–Crippen MR) is 87.6 cm³/mol. The molecule has 0 saturated carbocycles. The summed E-state index contributed by atoms with van der Waals surface area (Å²) < 4.78 is 11.9. The van der Waals surface area contributed by atoms with Crippen LogP contribution in [0.5, 0.6) is 11.5 Å². The Bertz CT molecular complexity index is 757. The number of nitrogens with zero attached hydrogens (tertiary/aromatic N) is 3. The van der Waals surface area contributed by atoms with E-state index in [0.717, 1.165) is 0 Å². The normalized spacial score (nSPS) is 10.2. The van der Waals surface area contributed by atoms with E-state index in [1.54, 1.807) is 45.5 Å². The zero-order valence-corrected chi connectivity index (χ0v) is 13.3. The van der Waals surface area contributed by atoms with Crippen LogP contribution >= 0.6 is 0 Å². The minimum atomic E-state index is -0.423. The lowest BCUT2D eigenvalue weighted by Gasteiger charge is -2.12. The van der Waals surface area contributed by atoms with Crippen molar-refractivity contribution in [3.63, 3.8) is 0 Å². The first-order chi connectivity index (χ1) is 11.1. The summed E-state index contributed by atoms with van der Waals surface area (Å²) in [6.07, 6.45) is 1.67. The first-order valence-corrected chi connectivity index (χ1v) is 6.88. The van der Waals surface area contributed by atoms with E-state index < -0.39 is 5.69 Å². The molecular formula is C15H19N5O3. The second-order valence-electron chi connectivity index (χ2n) is 4.58. The lowest BCUT2D eigenvalue weighted by atomic mass is 10.2. The van der Waals surface area contributed by atoms with Gasteiger partial charge in [0, 0.05) is 19.2 Å². The fourth-order valence-electron chi connectivity index (χ4n) is 1.95. The second-order valence-corrected chi connectivity index (χ2v) is 4.58. The zero-order valence-electron chi connectivity index (χ0n) is 13.3. The highest BCUT2D eigenvalue weighted by molar-refractivity contribution is 5.62. The van der Waals surface area contributed by atoms with Gasteiger partial charge in [-0.2, -0.15) is 9.97 Å². The lowest BCUT2D eigenvalue weighted by molar-refractivity contribution is 0.355. The summed E-state index contributed by atoms with van der Waals surface area (Å²) in [6, 6.07) is 5.30. The van der Waals surface area contributed by atoms with Crippen LogP contribution in [0.4, 0.5) is 5.95 Å². The van der Waals surface area contributed by atoms with Crippen molar-refractivity contribution in [1.29, 1.82) is 0 Å². The molecule has 2 N–H and O–H groups in total. The van der Waals surface area contributed by atoms with Crippen LogP contribution in [0, 0.1) is 0 Å². The molecule has 122 valence electrons. The van der Waals surface area contributed by atoms with Crippen LogP contribution in [0.15, 0.2) is 35.6 Å². The quantitative estimate of drug-likeness (QED) is 0.446. The Labute approximate surface area is 133 Å². The van der Waals surface area contributed by atoms with E-state index in [4.69, 9.17) is 9.47 Å². The number of anilines is 1. The van der Waals surface area contributed by atoms with Crippen LogP contribution in [-0.2, 0) is 7.05 Å². The van der Waals surface area contributed by atoms with E-state index in [9.17, 15) is 4.79 Å². The summed E-state index contributed by atoms with van der Waals surface area (Å²) in [5.41, 5.74) is 5.88. The molecule has 0 aliphatic carbocycles. The molecule has 0 bridgehead atoms. The average molecular weight is 317 g/mol. The van der Waals surface area contributed by atoms with Crippen molar-refractivity contribution in [2.75, 3.05) is 26.2 Å². The molecule has 8 heteroatoms. The van der Waals surface area contributed by atoms with E-state index in [1.165, 1.54) is 4.57 Å². The van der Waals surface area contributed by atoms with E-state index in [1.807, 2.05) is 0 Å². The third-order valence-corrected chi connectivity index (χ3v) is 3.11. The number of nitrogens with one attached hydrogen (secondary N) is 2. The van der Waals surface area contributed by atoms with Gasteiger partial charge in [-0.3, -0.25) is 9.99 Å². The van der Waals surface area contributed by atoms with Gasteiger partial charge in [0.05, 0.1) is 14.2 Å². The monoisotopic (exact) mass is 317 g/mol. The highest BCUT2D eigenvalue weighted by Crippen LogP contribution is 2.31. The van der Waals surface area contributed by atoms with Crippen LogP contribution < -0.4 is 26.0 Å². The number of methoxy groups -OCH3 is 2. The number of hydrogen-bond donors (Lipinski definition) is 2. The van der Waals surface area contributed by atoms with Crippen molar-refractivity contribution in [3.8, 4) is 22.9 Å². The lowest BCUT2D eigenvalue weighted by Crippen LogP contribution is -2.29. The second kappa shape index (κ2) is 7.41. The highest BCUT2D eigenvalue weighted by atomic mass is 16.5. The van der Waals surface area contributed by atoms with E-state index in [2.05, 4.69) is 27.4 Å². The Kier molecular flexibility index (Phi) is 5.32. The van der Waals surface area contributed by atoms with Crippen LogP contribution in [-0.4, -0.2) is 35.3 Å². The van der Waals surface area contributed by atoms with Crippen molar-refractivity contribution in [1.82, 2.24) is 20.0 Å². The van der Waals surface area contributed by atoms with Crippen molar-refractivity contribution < 1.29 is 9.47 Å². The molecule has 0 saturated heterocycles. The molecule has 0 aliphatic heterocycles. The Balaban J connectivity index is 2.45. The first-order valence-electron chi connectivity index (χ1n) is 6.88. The summed E-state index contributed by atoms with van der Waals surface area (Å²) in [5.74, 6) is 1.78. The minimum Gasteiger partial charge on any atom is -0.493 e. The van der Waals surface area contributed by atoms with E-state index >= 15 is 0 Å². The molecular weight excluding hydrogens is 298 g/mol. The molecule has 0 radical (unpaired) electrons. The topological polar surface area (TPSA) is 90.3 Å². The van der Waals surface area contributed by atoms with Gasteiger partial charge in [-0.05, 0) is 18.2 Å². The molecule has 8 nitrogen and oxygen atoms in total. The fraction of sp³-hybridized carbons (Fsp3) is 0.267. The molecule has 23 heavy (non-hydrogen) atoms. The van der Waals surface area contributed by atoms with Gasteiger partial charge >= 0.3 is 5.69 Å². The molecule has 0 spiro atoms. The summed E-state index contributed by atoms with van der Waals surface area (Å²) in [4.78, 5) is 20.2. The van der Waals surface area contributed by atoms with Gasteiger partial charge < -0.3 is 9.47 Å². The predicted octanol–water partition coefficient (Wildman–Crippen LogP) is 0.962. The molecule has 0 amide bonds. The maximum absolute atomic E-state index is 12.0. The number of rotatable bonds is 7. The maximum atomic E-state index is 12.0. The number of hydrogen-bond acceptors (Lipinski definition) is 7. The highest BCUT2D eigenvalue weighted by Gasteiger charge is 2.12. The van der Waals surface area contributed by atoms with Crippen LogP contribution in [0.2, 0.25) is 0 Å². The number of ether oxygens (including phenoxy) is 2. The van der Waals surface area contributed by atoms with Gasteiger partial charge in [-0.25, -0.2) is 10.2 Å². The third-order valence-electron chi connectivity index (χ3n) is 3.11. The zero-order chi connectivity index (χ0) is 16.8. The Hall–Kier alpha value is -2.87. The van der Waals surface area contributed by atoms with Crippen LogP contribution in [0.25, 0.3) is 11.4 Å². The van der Waals surface area contributed by atoms with Crippen molar-refractivity contribution >= 4 is 5.95 Å². The van der Waals surface area contributed by atoms with Crippen molar-refractivity contribution in [3.05, 3.63) is 41.3 Å². The third kappa shape index (κ3) is 3.67. The molecule has 0 atom stereocenters. The molecule has 0 aliphatic rings. The molecule has 2 aromatic rings. The Morgan fingerprint density at radius 2 is 2.00 bits per heavy atom. The van der Waals surface area contributed by atoms with Gasteiger partial charge in [-0.1, -0.05) is 6.08 Å². The average Bonchev–Trinajstić information content (AvgIpc) is 2.57. The van der Waals surface area contributed by atoms with E-state index in [-0.39, 0.29) is 5.95 Å². The molecule has 1 aromatic carbocycles. The van der Waals surface area contributed by atoms with Gasteiger partial charge in [-0.15, -0.1) is 6.58 Å². The summed E-state index contributed by atoms with van der Waals surface area (Å²) >= 11 is 0. The summed E-state index contributed by atoms with van der Waals surface area (Å²) in [7, 11) is 4.72. The van der Waals surface area contributed by atoms with Crippen molar-refractivity contribution in [2.24, 2.45) is 7.05 Å². The van der Waals surface area contributed by atoms with Crippen LogP contribution in [0.3, 0.4) is 0 Å². The standard InChI is InChI=1S/C15H19N5O3/c1-5-8-16-19-14-17-13(20(2)15(21)18-14)10-6-7-11(22-3)12(9-10)23-4/h5-7,9,16H,1,8H2,2-4H3,(H,18,19,21). The number of hydrazine groups is 1. The number of benzene rings is 1. The fourth-order valence-corrected chi connectivity index (χ4v) is 1.95. The molecule has 0 fully saturated rings. The van der Waals surface area contributed by atoms with E-state index in [0.29, 0.717) is 29.4 Å². The van der Waals surface area contributed by atoms with Gasteiger partial charge in [0.1, 0.15) is 5.82 Å². The van der Waals surface area contributed by atoms with Crippen molar-refractivity contribution in [2.45, 2.75) is 0 Å². The smallest absolute Gasteiger partial charge is 0.352 e. The SMILES string of the molecule is C=CCNNc1nc(-c2ccc(OC)c(OC)c2)n(C)c(=O)n1. The van der Waals surface area contributed by atoms with Gasteiger partial charge in [0.15, 0.2) is 11.5 Å². The van der Waals surface area contributed by atoms with Gasteiger partial charge in [0.25, 0.3) is 0 Å². The first kappa shape index (κ1) is 16.5. The Morgan fingerprint density at radius 3 is 2.65 bits per heavy atom. The summed E-state index contributed by atoms with van der Waals surface area (Å²) in [5, 5.41) is 0. The van der Waals surface area contributed by atoms with Gasteiger partial charge in [0.2, 0.25) is 5.95 Å². The molecule has 0 unspecified atom stereocenters. The Morgan fingerprint density at radius 1 is 1.26 bits per heavy atom. The largest absolute Gasteiger partial charge is 0.493 e. The molecule has 2 rings (SSSR count). The summed E-state index contributed by atoms with van der Waals surface area (Å²) in [6.45, 7) is 4.09. The van der Waals surface area contributed by atoms with Crippen LogP contribution in [0.1, 0.15) is 0 Å². The maximum Gasteiger partial charge on any atom is 0.352 e. The number of aromatic nitrogens is 3. The molecule has 1 aromatic heterocycles.